The largest absolute Gasteiger partial charge is 0.465 e. The molecule has 0 radical (unpaired) electrons. The smallest absolute Gasteiger partial charge is 0.328 e. The van der Waals surface area contributed by atoms with Crippen molar-refractivity contribution in [3.8, 4) is 0 Å². The van der Waals surface area contributed by atoms with Crippen LogP contribution in [-0.2, 0) is 19.4 Å². The first kappa shape index (κ1) is 18.8. The number of hydrogen-bond donors (Lipinski definition) is 1. The molecule has 1 aliphatic rings. The molecule has 3 atom stereocenters. The van der Waals surface area contributed by atoms with E-state index >= 15 is 0 Å². The maximum atomic E-state index is 13.2. The average Bonchev–Trinajstić information content (AvgIpc) is 3.25. The van der Waals surface area contributed by atoms with E-state index in [1.54, 1.807) is 6.92 Å². The lowest BCUT2D eigenvalue weighted by Crippen LogP contribution is -2.41. The highest BCUT2D eigenvalue weighted by molar-refractivity contribution is 7.92. The van der Waals surface area contributed by atoms with Crippen LogP contribution < -0.4 is 5.73 Å². The van der Waals surface area contributed by atoms with Crippen LogP contribution in [0.1, 0.15) is 18.4 Å². The van der Waals surface area contributed by atoms with Crippen molar-refractivity contribution in [1.29, 1.82) is 0 Å². The van der Waals surface area contributed by atoms with E-state index in [1.165, 1.54) is 48.5 Å². The number of sulfone groups is 1. The minimum absolute atomic E-state index is 0.00985. The first-order valence-electron chi connectivity index (χ1n) is 7.94. The Morgan fingerprint density at radius 3 is 2.31 bits per heavy atom. The Hall–Kier alpha value is -1.96. The van der Waals surface area contributed by atoms with Crippen LogP contribution in [0.3, 0.4) is 0 Å². The summed E-state index contributed by atoms with van der Waals surface area (Å²) >= 11 is 5.81. The fraction of sp³-hybridized carbons (Fsp3) is 0.278. The van der Waals surface area contributed by atoms with Gasteiger partial charge >= 0.3 is 5.97 Å². The second-order valence-electron chi connectivity index (χ2n) is 6.10. The van der Waals surface area contributed by atoms with Gasteiger partial charge in [-0.25, -0.2) is 17.6 Å². The van der Waals surface area contributed by atoms with Gasteiger partial charge in [-0.1, -0.05) is 23.7 Å². The standard InChI is InChI=1S/C18H17ClFNO4S/c1-2-25-17(22)18(21)15(11-3-7-13(20)8-4-11)16(18)26(23,24)14-9-5-12(19)6-10-14/h3-10,15-16H,2,21H2,1H3/t15-,16-,18+/m0/s1. The molecule has 0 aromatic heterocycles. The Kier molecular flexibility index (Phi) is 4.81. The number of rotatable bonds is 5. The summed E-state index contributed by atoms with van der Waals surface area (Å²) in [5.74, 6) is -2.09. The van der Waals surface area contributed by atoms with Crippen LogP contribution in [0, 0.1) is 5.82 Å². The maximum absolute atomic E-state index is 13.2. The minimum atomic E-state index is -3.94. The topological polar surface area (TPSA) is 86.5 Å². The molecule has 1 saturated carbocycles. The lowest BCUT2D eigenvalue weighted by atomic mass is 10.1. The maximum Gasteiger partial charge on any atom is 0.328 e. The molecular weight excluding hydrogens is 381 g/mol. The molecule has 0 amide bonds. The van der Waals surface area contributed by atoms with Gasteiger partial charge in [0.15, 0.2) is 9.84 Å². The summed E-state index contributed by atoms with van der Waals surface area (Å²) in [6.45, 7) is 1.68. The van der Waals surface area contributed by atoms with E-state index in [-0.39, 0.29) is 11.5 Å². The molecule has 138 valence electrons. The highest BCUT2D eigenvalue weighted by atomic mass is 35.5. The number of benzene rings is 2. The monoisotopic (exact) mass is 397 g/mol. The molecule has 2 aromatic carbocycles. The average molecular weight is 398 g/mol. The van der Waals surface area contributed by atoms with Gasteiger partial charge in [0.25, 0.3) is 0 Å². The van der Waals surface area contributed by atoms with Gasteiger partial charge in [-0.05, 0) is 48.9 Å². The molecule has 2 N–H and O–H groups in total. The van der Waals surface area contributed by atoms with Gasteiger partial charge in [-0.2, -0.15) is 0 Å². The summed E-state index contributed by atoms with van der Waals surface area (Å²) in [5, 5.41) is -0.820. The number of halogens is 2. The second kappa shape index (κ2) is 6.64. The number of nitrogens with two attached hydrogens (primary N) is 1. The molecule has 2 aromatic rings. The molecule has 26 heavy (non-hydrogen) atoms. The van der Waals surface area contributed by atoms with Gasteiger partial charge in [0.2, 0.25) is 0 Å². The van der Waals surface area contributed by atoms with E-state index in [1.807, 2.05) is 0 Å². The van der Waals surface area contributed by atoms with E-state index < -0.39 is 38.3 Å². The molecule has 1 fully saturated rings. The Balaban J connectivity index is 2.06. The fourth-order valence-electron chi connectivity index (χ4n) is 3.20. The highest BCUT2D eigenvalue weighted by Crippen LogP contribution is 2.56. The van der Waals surface area contributed by atoms with Gasteiger partial charge in [-0.3, -0.25) is 0 Å². The summed E-state index contributed by atoms with van der Waals surface area (Å²) in [4.78, 5) is 12.4. The van der Waals surface area contributed by atoms with E-state index in [9.17, 15) is 17.6 Å². The summed E-state index contributed by atoms with van der Waals surface area (Å²) in [5.41, 5.74) is 4.95. The summed E-state index contributed by atoms with van der Waals surface area (Å²) in [7, 11) is -3.94. The van der Waals surface area contributed by atoms with Crippen molar-refractivity contribution in [2.75, 3.05) is 6.61 Å². The van der Waals surface area contributed by atoms with Crippen molar-refractivity contribution < 1.29 is 22.3 Å². The van der Waals surface area contributed by atoms with Crippen molar-refractivity contribution in [3.05, 3.63) is 64.9 Å². The zero-order valence-electron chi connectivity index (χ0n) is 13.9. The van der Waals surface area contributed by atoms with E-state index in [0.29, 0.717) is 10.6 Å². The zero-order valence-corrected chi connectivity index (χ0v) is 15.4. The van der Waals surface area contributed by atoms with E-state index in [2.05, 4.69) is 0 Å². The van der Waals surface area contributed by atoms with Crippen LogP contribution in [0.5, 0.6) is 0 Å². The molecule has 0 saturated heterocycles. The predicted octanol–water partition coefficient (Wildman–Crippen LogP) is 2.68. The third kappa shape index (κ3) is 3.00. The molecule has 1 aliphatic carbocycles. The lowest BCUT2D eigenvalue weighted by Gasteiger charge is -2.11. The molecule has 5 nitrogen and oxygen atoms in total. The first-order valence-corrected chi connectivity index (χ1v) is 9.86. The van der Waals surface area contributed by atoms with Crippen LogP contribution in [0.4, 0.5) is 4.39 Å². The van der Waals surface area contributed by atoms with Crippen LogP contribution in [0.2, 0.25) is 5.02 Å². The molecule has 0 aliphatic heterocycles. The minimum Gasteiger partial charge on any atom is -0.465 e. The second-order valence-corrected chi connectivity index (χ2v) is 8.61. The summed E-state index contributed by atoms with van der Waals surface area (Å²) in [6, 6.07) is 10.9. The van der Waals surface area contributed by atoms with E-state index in [0.717, 1.165) is 0 Å². The van der Waals surface area contributed by atoms with Crippen molar-refractivity contribution in [3.63, 3.8) is 0 Å². The van der Waals surface area contributed by atoms with Crippen LogP contribution in [0.15, 0.2) is 53.4 Å². The fourth-order valence-corrected chi connectivity index (χ4v) is 5.55. The molecule has 3 rings (SSSR count). The van der Waals surface area contributed by atoms with Crippen LogP contribution in [0.25, 0.3) is 0 Å². The van der Waals surface area contributed by atoms with Crippen molar-refractivity contribution in [2.24, 2.45) is 5.73 Å². The molecule has 8 heteroatoms. The van der Waals surface area contributed by atoms with E-state index in [4.69, 9.17) is 22.1 Å². The lowest BCUT2D eigenvalue weighted by molar-refractivity contribution is -0.145. The SMILES string of the molecule is CCOC(=O)[C@@]1(N)[C@@H](c2ccc(F)cc2)[C@@H]1S(=O)(=O)c1ccc(Cl)cc1. The Labute approximate surface area is 155 Å². The predicted molar refractivity (Wildman–Crippen MR) is 95.1 cm³/mol. The first-order chi connectivity index (χ1) is 12.2. The van der Waals surface area contributed by atoms with Gasteiger partial charge in [0.1, 0.15) is 16.6 Å². The quantitative estimate of drug-likeness (QED) is 0.784. The van der Waals surface area contributed by atoms with Crippen molar-refractivity contribution in [1.82, 2.24) is 0 Å². The number of esters is 1. The van der Waals surface area contributed by atoms with Gasteiger partial charge in [0.05, 0.1) is 11.5 Å². The number of carbonyl (C=O) groups is 1. The van der Waals surface area contributed by atoms with Gasteiger partial charge in [0, 0.05) is 10.9 Å². The van der Waals surface area contributed by atoms with Crippen LogP contribution in [-0.4, -0.2) is 31.8 Å². The normalized spacial score (nSPS) is 24.9. The molecular formula is C18H17ClFNO4S. The Bertz CT molecular complexity index is 931. The number of carbonyl (C=O) groups excluding carboxylic acids is 1. The van der Waals surface area contributed by atoms with Gasteiger partial charge in [-0.15, -0.1) is 0 Å². The van der Waals surface area contributed by atoms with Crippen molar-refractivity contribution in [2.45, 2.75) is 28.5 Å². The zero-order chi connectivity index (χ0) is 19.1. The Morgan fingerprint density at radius 1 is 1.19 bits per heavy atom. The Morgan fingerprint density at radius 2 is 1.77 bits per heavy atom. The van der Waals surface area contributed by atoms with Crippen LogP contribution >= 0.6 is 11.6 Å². The number of hydrogen-bond acceptors (Lipinski definition) is 5. The van der Waals surface area contributed by atoms with Crippen molar-refractivity contribution >= 4 is 27.4 Å². The molecule has 0 bridgehead atoms. The highest BCUT2D eigenvalue weighted by Gasteiger charge is 2.74. The molecule has 0 spiro atoms. The molecule has 0 heterocycles. The summed E-state index contributed by atoms with van der Waals surface area (Å²) in [6.07, 6.45) is 0. The number of ether oxygens (including phenoxy) is 1. The third-order valence-electron chi connectivity index (χ3n) is 4.51. The summed E-state index contributed by atoms with van der Waals surface area (Å²) < 4.78 is 44.4. The molecule has 0 unspecified atom stereocenters. The third-order valence-corrected chi connectivity index (χ3v) is 7.03. The van der Waals surface area contributed by atoms with Gasteiger partial charge < -0.3 is 10.5 Å².